The number of carbonyl (C=O) groups is 3. The number of aliphatic carboxylic acids is 1. The Balaban J connectivity index is 1.98. The zero-order chi connectivity index (χ0) is 17.0. The van der Waals surface area contributed by atoms with Crippen LogP contribution in [0.5, 0.6) is 0 Å². The monoisotopic (exact) mass is 320 g/mol. The van der Waals surface area contributed by atoms with Gasteiger partial charge in [0.2, 0.25) is 0 Å². The first-order chi connectivity index (χ1) is 10.8. The molecule has 0 unspecified atom stereocenters. The SMILES string of the molecule is C[C@H](NC(=O)c1ccc(NC(=O)[C@@]2(C)CCCO2)cc1)C(=O)O. The predicted molar refractivity (Wildman–Crippen MR) is 83.2 cm³/mol. The molecule has 1 fully saturated rings. The number of hydrogen-bond acceptors (Lipinski definition) is 4. The molecule has 0 aromatic heterocycles. The van der Waals surface area contributed by atoms with Gasteiger partial charge in [-0.05, 0) is 51.0 Å². The van der Waals surface area contributed by atoms with E-state index >= 15 is 0 Å². The summed E-state index contributed by atoms with van der Waals surface area (Å²) in [6.45, 7) is 3.71. The number of carbonyl (C=O) groups excluding carboxylic acids is 2. The highest BCUT2D eigenvalue weighted by Crippen LogP contribution is 2.26. The second-order valence-corrected chi connectivity index (χ2v) is 5.75. The van der Waals surface area contributed by atoms with Crippen molar-refractivity contribution in [2.75, 3.05) is 11.9 Å². The zero-order valence-electron chi connectivity index (χ0n) is 13.1. The topological polar surface area (TPSA) is 105 Å². The van der Waals surface area contributed by atoms with Crippen molar-refractivity contribution in [2.45, 2.75) is 38.3 Å². The molecule has 2 atom stereocenters. The number of ether oxygens (including phenoxy) is 1. The van der Waals surface area contributed by atoms with Crippen LogP contribution < -0.4 is 10.6 Å². The molecular formula is C16H20N2O5. The molecule has 1 saturated heterocycles. The van der Waals surface area contributed by atoms with Gasteiger partial charge in [-0.1, -0.05) is 0 Å². The minimum absolute atomic E-state index is 0.216. The first kappa shape index (κ1) is 17.0. The van der Waals surface area contributed by atoms with E-state index in [0.29, 0.717) is 24.3 Å². The van der Waals surface area contributed by atoms with Crippen molar-refractivity contribution < 1.29 is 24.2 Å². The molecular weight excluding hydrogens is 300 g/mol. The summed E-state index contributed by atoms with van der Waals surface area (Å²) >= 11 is 0. The number of rotatable bonds is 5. The molecule has 23 heavy (non-hydrogen) atoms. The van der Waals surface area contributed by atoms with Crippen LogP contribution in [0.4, 0.5) is 5.69 Å². The highest BCUT2D eigenvalue weighted by molar-refractivity contribution is 5.99. The average Bonchev–Trinajstić information content (AvgIpc) is 2.96. The van der Waals surface area contributed by atoms with E-state index in [-0.39, 0.29) is 5.91 Å². The fraction of sp³-hybridized carbons (Fsp3) is 0.438. The molecule has 0 aliphatic carbocycles. The number of benzene rings is 1. The smallest absolute Gasteiger partial charge is 0.325 e. The summed E-state index contributed by atoms with van der Waals surface area (Å²) in [6.07, 6.45) is 1.52. The molecule has 0 spiro atoms. The third-order valence-corrected chi connectivity index (χ3v) is 3.82. The van der Waals surface area contributed by atoms with Gasteiger partial charge in [0.05, 0.1) is 0 Å². The lowest BCUT2D eigenvalue weighted by Crippen LogP contribution is -2.39. The zero-order valence-corrected chi connectivity index (χ0v) is 13.1. The summed E-state index contributed by atoms with van der Waals surface area (Å²) in [5.74, 6) is -1.80. The second kappa shape index (κ2) is 6.78. The van der Waals surface area contributed by atoms with Gasteiger partial charge >= 0.3 is 5.97 Å². The van der Waals surface area contributed by atoms with E-state index in [1.807, 2.05) is 0 Å². The lowest BCUT2D eigenvalue weighted by Gasteiger charge is -2.21. The van der Waals surface area contributed by atoms with Gasteiger partial charge in [-0.2, -0.15) is 0 Å². The molecule has 7 nitrogen and oxygen atoms in total. The van der Waals surface area contributed by atoms with Crippen LogP contribution in [0.1, 0.15) is 37.0 Å². The maximum atomic E-state index is 12.2. The molecule has 2 rings (SSSR count). The van der Waals surface area contributed by atoms with Crippen molar-refractivity contribution in [3.8, 4) is 0 Å². The molecule has 1 aromatic carbocycles. The van der Waals surface area contributed by atoms with Crippen LogP contribution in [0.3, 0.4) is 0 Å². The third-order valence-electron chi connectivity index (χ3n) is 3.82. The van der Waals surface area contributed by atoms with Crippen LogP contribution in [0.2, 0.25) is 0 Å². The Hall–Kier alpha value is -2.41. The molecule has 0 bridgehead atoms. The maximum absolute atomic E-state index is 12.2. The van der Waals surface area contributed by atoms with Gasteiger partial charge in [0, 0.05) is 17.9 Å². The van der Waals surface area contributed by atoms with Gasteiger partial charge in [-0.3, -0.25) is 14.4 Å². The van der Waals surface area contributed by atoms with Gasteiger partial charge in [0.1, 0.15) is 11.6 Å². The van der Waals surface area contributed by atoms with Gasteiger partial charge in [-0.25, -0.2) is 0 Å². The summed E-state index contributed by atoms with van der Waals surface area (Å²) in [4.78, 5) is 34.8. The minimum atomic E-state index is -1.10. The van der Waals surface area contributed by atoms with Crippen molar-refractivity contribution >= 4 is 23.5 Å². The molecule has 1 heterocycles. The quantitative estimate of drug-likeness (QED) is 0.760. The van der Waals surface area contributed by atoms with E-state index in [1.54, 1.807) is 19.1 Å². The predicted octanol–water partition coefficient (Wildman–Crippen LogP) is 1.40. The largest absolute Gasteiger partial charge is 0.480 e. The van der Waals surface area contributed by atoms with E-state index in [4.69, 9.17) is 9.84 Å². The average molecular weight is 320 g/mol. The van der Waals surface area contributed by atoms with Crippen molar-refractivity contribution in [1.82, 2.24) is 5.32 Å². The number of hydrogen-bond donors (Lipinski definition) is 3. The summed E-state index contributed by atoms with van der Waals surface area (Å²) in [6, 6.07) is 5.27. The van der Waals surface area contributed by atoms with E-state index in [2.05, 4.69) is 10.6 Å². The summed E-state index contributed by atoms with van der Waals surface area (Å²) in [7, 11) is 0. The Morgan fingerprint density at radius 1 is 1.26 bits per heavy atom. The second-order valence-electron chi connectivity index (χ2n) is 5.75. The van der Waals surface area contributed by atoms with E-state index in [0.717, 1.165) is 6.42 Å². The molecule has 1 aromatic rings. The van der Waals surface area contributed by atoms with Crippen molar-refractivity contribution in [2.24, 2.45) is 0 Å². The fourth-order valence-electron chi connectivity index (χ4n) is 2.27. The van der Waals surface area contributed by atoms with Gasteiger partial charge in [-0.15, -0.1) is 0 Å². The molecule has 1 aliphatic heterocycles. The Morgan fingerprint density at radius 2 is 1.91 bits per heavy atom. The minimum Gasteiger partial charge on any atom is -0.480 e. The summed E-state index contributed by atoms with van der Waals surface area (Å²) in [5, 5.41) is 13.9. The lowest BCUT2D eigenvalue weighted by atomic mass is 10.0. The van der Waals surface area contributed by atoms with Gasteiger partial charge < -0.3 is 20.5 Å². The lowest BCUT2D eigenvalue weighted by molar-refractivity contribution is -0.138. The van der Waals surface area contributed by atoms with E-state index in [9.17, 15) is 14.4 Å². The molecule has 2 amide bonds. The molecule has 3 N–H and O–H groups in total. The fourth-order valence-corrected chi connectivity index (χ4v) is 2.27. The van der Waals surface area contributed by atoms with Crippen LogP contribution in [0.25, 0.3) is 0 Å². The Morgan fingerprint density at radius 3 is 2.43 bits per heavy atom. The first-order valence-electron chi connectivity index (χ1n) is 7.41. The van der Waals surface area contributed by atoms with Crippen molar-refractivity contribution in [3.05, 3.63) is 29.8 Å². The number of nitrogens with one attached hydrogen (secondary N) is 2. The molecule has 124 valence electrons. The summed E-state index contributed by atoms with van der Waals surface area (Å²) in [5.41, 5.74) is 0.0569. The molecule has 7 heteroatoms. The van der Waals surface area contributed by atoms with Crippen molar-refractivity contribution in [3.63, 3.8) is 0 Å². The number of carboxylic acids is 1. The number of amides is 2. The van der Waals surface area contributed by atoms with Crippen LogP contribution >= 0.6 is 0 Å². The van der Waals surface area contributed by atoms with Crippen LogP contribution in [-0.2, 0) is 14.3 Å². The standard InChI is InChI=1S/C16H20N2O5/c1-10(14(20)21)17-13(19)11-4-6-12(7-5-11)18-15(22)16(2)8-3-9-23-16/h4-7,10H,3,8-9H2,1-2H3,(H,17,19)(H,18,22)(H,20,21)/t10-,16+/m0/s1. The summed E-state index contributed by atoms with van der Waals surface area (Å²) < 4.78 is 5.47. The van der Waals surface area contributed by atoms with Crippen LogP contribution in [0.15, 0.2) is 24.3 Å². The van der Waals surface area contributed by atoms with E-state index in [1.165, 1.54) is 19.1 Å². The Kier molecular flexibility index (Phi) is 5.00. The van der Waals surface area contributed by atoms with Crippen LogP contribution in [-0.4, -0.2) is 41.1 Å². The molecule has 0 radical (unpaired) electrons. The van der Waals surface area contributed by atoms with Crippen LogP contribution in [0, 0.1) is 0 Å². The maximum Gasteiger partial charge on any atom is 0.325 e. The number of carboxylic acid groups (broad SMARTS) is 1. The third kappa shape index (κ3) is 4.07. The first-order valence-corrected chi connectivity index (χ1v) is 7.41. The van der Waals surface area contributed by atoms with E-state index < -0.39 is 23.5 Å². The Labute approximate surface area is 134 Å². The highest BCUT2D eigenvalue weighted by atomic mass is 16.5. The Bertz CT molecular complexity index is 605. The van der Waals surface area contributed by atoms with Gasteiger partial charge in [0.15, 0.2) is 0 Å². The van der Waals surface area contributed by atoms with Gasteiger partial charge in [0.25, 0.3) is 11.8 Å². The molecule has 1 aliphatic rings. The highest BCUT2D eigenvalue weighted by Gasteiger charge is 2.37. The number of anilines is 1. The molecule has 0 saturated carbocycles. The van der Waals surface area contributed by atoms with Crippen molar-refractivity contribution in [1.29, 1.82) is 0 Å². The normalized spacial score (nSPS) is 21.5.